The molecule has 0 bridgehead atoms. The zero-order chi connectivity index (χ0) is 39.5. The van der Waals surface area contributed by atoms with Crippen LogP contribution in [-0.2, 0) is 10.8 Å². The topological polar surface area (TPSA) is 30.7 Å². The Morgan fingerprint density at radius 1 is 0.544 bits per heavy atom. The summed E-state index contributed by atoms with van der Waals surface area (Å²) in [6, 6.07) is 53.0. The van der Waals surface area contributed by atoms with Crippen molar-refractivity contribution < 1.29 is 0 Å². The summed E-state index contributed by atoms with van der Waals surface area (Å²) in [5.74, 6) is 2.06. The third-order valence-corrected chi connectivity index (χ3v) is 13.0. The molecule has 6 aromatic carbocycles. The van der Waals surface area contributed by atoms with E-state index in [1.54, 1.807) is 0 Å². The van der Waals surface area contributed by atoms with E-state index in [1.165, 1.54) is 65.0 Å². The van der Waals surface area contributed by atoms with Gasteiger partial charge in [0.1, 0.15) is 0 Å². The first-order valence-electron chi connectivity index (χ1n) is 20.1. The molecular weight excluding hydrogens is 711 g/mol. The molecule has 0 aliphatic heterocycles. The van der Waals surface area contributed by atoms with Crippen LogP contribution in [0.1, 0.15) is 87.9 Å². The maximum Gasteiger partial charge on any atom is 0.168 e. The average Bonchev–Trinajstić information content (AvgIpc) is 3.84. The number of thiophene rings is 1. The SMILES string of the molecule is CC1CC(c2ccc(C(C)(C)C)cc2)=Cc2c1sc1c(-c3ccc(-c4nnc(-c5ccccc5)n4-c4ccccc4)cc3)cc(-c3ccc(C(C)(C)C)cc3)cc21. The second-order valence-corrected chi connectivity index (χ2v) is 18.7. The van der Waals surface area contributed by atoms with Gasteiger partial charge in [-0.1, -0.05) is 170 Å². The molecule has 4 heteroatoms. The smallest absolute Gasteiger partial charge is 0.168 e. The summed E-state index contributed by atoms with van der Waals surface area (Å²) in [6.45, 7) is 16.1. The second-order valence-electron chi connectivity index (χ2n) is 17.7. The fourth-order valence-electron chi connectivity index (χ4n) is 8.20. The van der Waals surface area contributed by atoms with Crippen molar-refractivity contribution in [2.45, 2.75) is 71.6 Å². The quantitative estimate of drug-likeness (QED) is 0.169. The molecule has 282 valence electrons. The first-order valence-corrected chi connectivity index (χ1v) is 20.9. The van der Waals surface area contributed by atoms with E-state index in [2.05, 4.69) is 180 Å². The molecule has 0 saturated carbocycles. The van der Waals surface area contributed by atoms with Gasteiger partial charge in [-0.15, -0.1) is 21.5 Å². The number of benzene rings is 6. The van der Waals surface area contributed by atoms with E-state index in [4.69, 9.17) is 10.2 Å². The molecule has 1 atom stereocenters. The van der Waals surface area contributed by atoms with Crippen LogP contribution in [0, 0.1) is 0 Å². The summed E-state index contributed by atoms with van der Waals surface area (Å²) in [5, 5.41) is 10.8. The van der Waals surface area contributed by atoms with Gasteiger partial charge in [0.25, 0.3) is 0 Å². The predicted octanol–water partition coefficient (Wildman–Crippen LogP) is 14.8. The van der Waals surface area contributed by atoms with Crippen LogP contribution in [0.3, 0.4) is 0 Å². The largest absolute Gasteiger partial charge is 0.275 e. The highest BCUT2D eigenvalue weighted by atomic mass is 32.1. The number of allylic oxidation sites excluding steroid dienone is 1. The van der Waals surface area contributed by atoms with E-state index in [0.717, 1.165) is 34.9 Å². The molecule has 8 aromatic rings. The summed E-state index contributed by atoms with van der Waals surface area (Å²) in [7, 11) is 0. The van der Waals surface area contributed by atoms with Crippen molar-refractivity contribution in [3.63, 3.8) is 0 Å². The Bertz CT molecular complexity index is 2740. The van der Waals surface area contributed by atoms with Crippen LogP contribution in [0.15, 0.2) is 146 Å². The number of rotatable bonds is 6. The zero-order valence-corrected chi connectivity index (χ0v) is 34.8. The zero-order valence-electron chi connectivity index (χ0n) is 34.0. The van der Waals surface area contributed by atoms with Crippen molar-refractivity contribution in [1.82, 2.24) is 14.8 Å². The van der Waals surface area contributed by atoms with E-state index in [-0.39, 0.29) is 10.8 Å². The van der Waals surface area contributed by atoms with Gasteiger partial charge in [-0.2, -0.15) is 0 Å². The Morgan fingerprint density at radius 3 is 1.63 bits per heavy atom. The van der Waals surface area contributed by atoms with Crippen LogP contribution in [0.5, 0.6) is 0 Å². The van der Waals surface area contributed by atoms with Crippen molar-refractivity contribution in [3.8, 4) is 50.7 Å². The molecule has 0 N–H and O–H groups in total. The van der Waals surface area contributed by atoms with Crippen LogP contribution in [-0.4, -0.2) is 14.8 Å². The molecule has 1 aliphatic rings. The first kappa shape index (κ1) is 36.8. The molecule has 3 nitrogen and oxygen atoms in total. The van der Waals surface area contributed by atoms with Crippen molar-refractivity contribution in [1.29, 1.82) is 0 Å². The van der Waals surface area contributed by atoms with Gasteiger partial charge >= 0.3 is 0 Å². The molecular formula is C53H49N3S. The van der Waals surface area contributed by atoms with Crippen LogP contribution in [0.4, 0.5) is 0 Å². The molecule has 1 unspecified atom stereocenters. The lowest BCUT2D eigenvalue weighted by molar-refractivity contribution is 0.590. The molecule has 1 aliphatic carbocycles. The van der Waals surface area contributed by atoms with Crippen LogP contribution in [0.25, 0.3) is 72.5 Å². The average molecular weight is 760 g/mol. The van der Waals surface area contributed by atoms with Gasteiger partial charge in [0.2, 0.25) is 0 Å². The van der Waals surface area contributed by atoms with E-state index in [9.17, 15) is 0 Å². The Morgan fingerprint density at radius 2 is 1.05 bits per heavy atom. The Kier molecular flexibility index (Phi) is 9.21. The second kappa shape index (κ2) is 14.3. The lowest BCUT2D eigenvalue weighted by atomic mass is 9.83. The van der Waals surface area contributed by atoms with Gasteiger partial charge in [0.05, 0.1) is 0 Å². The van der Waals surface area contributed by atoms with E-state index in [0.29, 0.717) is 5.92 Å². The number of fused-ring (bicyclic) bond motifs is 3. The first-order chi connectivity index (χ1) is 27.4. The van der Waals surface area contributed by atoms with Gasteiger partial charge in [0, 0.05) is 37.3 Å². The van der Waals surface area contributed by atoms with Crippen LogP contribution in [0.2, 0.25) is 0 Å². The standard InChI is InChI=1S/C53H49N3S/c1-34-30-40(35-22-26-42(27-23-35)52(2,3)4)32-46-47-33-41(36-24-28-43(29-25-36)53(5,6)7)31-45(49(47)57-48(34)46)37-18-20-39(21-19-37)51-55-54-50(38-14-10-8-11-15-38)56(51)44-16-12-9-13-17-44/h8-29,31-34H,30H2,1-7H3. The number of hydrogen-bond donors (Lipinski definition) is 0. The number of aromatic nitrogens is 3. The number of para-hydroxylation sites is 1. The van der Waals surface area contributed by atoms with Gasteiger partial charge in [0.15, 0.2) is 11.6 Å². The molecule has 0 spiro atoms. The molecule has 0 fully saturated rings. The summed E-state index contributed by atoms with van der Waals surface area (Å²) < 4.78 is 3.51. The molecule has 0 radical (unpaired) electrons. The predicted molar refractivity (Wildman–Crippen MR) is 243 cm³/mol. The Hall–Kier alpha value is -5.84. The minimum absolute atomic E-state index is 0.0941. The molecule has 57 heavy (non-hydrogen) atoms. The summed E-state index contributed by atoms with van der Waals surface area (Å²) in [4.78, 5) is 1.47. The van der Waals surface area contributed by atoms with Gasteiger partial charge in [-0.3, -0.25) is 4.57 Å². The minimum Gasteiger partial charge on any atom is -0.275 e. The molecule has 0 amide bonds. The molecule has 2 heterocycles. The highest BCUT2D eigenvalue weighted by molar-refractivity contribution is 7.20. The number of hydrogen-bond acceptors (Lipinski definition) is 3. The van der Waals surface area contributed by atoms with Crippen molar-refractivity contribution in [2.24, 2.45) is 0 Å². The van der Waals surface area contributed by atoms with Crippen molar-refractivity contribution in [3.05, 3.63) is 173 Å². The normalized spacial score (nSPS) is 14.4. The summed E-state index contributed by atoms with van der Waals surface area (Å²) in [5.41, 5.74) is 15.1. The molecule has 0 saturated heterocycles. The monoisotopic (exact) mass is 759 g/mol. The minimum atomic E-state index is 0.0941. The fourth-order valence-corrected chi connectivity index (χ4v) is 9.55. The third kappa shape index (κ3) is 6.97. The molecule has 9 rings (SSSR count). The number of nitrogens with zero attached hydrogens (tertiary/aromatic N) is 3. The van der Waals surface area contributed by atoms with Crippen LogP contribution >= 0.6 is 11.3 Å². The molecule has 2 aromatic heterocycles. The van der Waals surface area contributed by atoms with Crippen molar-refractivity contribution in [2.75, 3.05) is 0 Å². The Balaban J connectivity index is 1.18. The summed E-state index contributed by atoms with van der Waals surface area (Å²) >= 11 is 1.97. The van der Waals surface area contributed by atoms with E-state index >= 15 is 0 Å². The third-order valence-electron chi connectivity index (χ3n) is 11.5. The van der Waals surface area contributed by atoms with E-state index < -0.39 is 0 Å². The van der Waals surface area contributed by atoms with Gasteiger partial charge in [-0.05, 0) is 98.0 Å². The van der Waals surface area contributed by atoms with E-state index in [1.807, 2.05) is 35.6 Å². The maximum absolute atomic E-state index is 4.78. The summed E-state index contributed by atoms with van der Waals surface area (Å²) in [6.07, 6.45) is 3.52. The van der Waals surface area contributed by atoms with Gasteiger partial charge in [-0.25, -0.2) is 0 Å². The highest BCUT2D eigenvalue weighted by Crippen LogP contribution is 2.49. The lowest BCUT2D eigenvalue weighted by Crippen LogP contribution is -2.10. The highest BCUT2D eigenvalue weighted by Gasteiger charge is 2.26. The van der Waals surface area contributed by atoms with Crippen molar-refractivity contribution >= 4 is 33.1 Å². The van der Waals surface area contributed by atoms with Gasteiger partial charge < -0.3 is 0 Å². The fraction of sp³-hybridized carbons (Fsp3) is 0.208. The van der Waals surface area contributed by atoms with Crippen LogP contribution < -0.4 is 0 Å². The maximum atomic E-state index is 4.78. The Labute approximate surface area is 341 Å². The lowest BCUT2D eigenvalue weighted by Gasteiger charge is -2.22.